The molecule has 0 aliphatic carbocycles. The zero-order chi connectivity index (χ0) is 22.7. The molecule has 0 saturated carbocycles. The minimum Gasteiger partial charge on any atom is -0.493 e. The number of aryl methyl sites for hydroxylation is 1. The Morgan fingerprint density at radius 3 is 2.75 bits per heavy atom. The Morgan fingerprint density at radius 2 is 2.00 bits per heavy atom. The monoisotopic (exact) mass is 430 g/mol. The van der Waals surface area contributed by atoms with Gasteiger partial charge in [-0.2, -0.15) is 5.10 Å². The number of rotatable bonds is 7. The third-order valence-electron chi connectivity index (χ3n) is 5.33. The summed E-state index contributed by atoms with van der Waals surface area (Å²) in [5, 5.41) is 7.85. The van der Waals surface area contributed by atoms with Crippen LogP contribution in [0, 0.1) is 6.92 Å². The number of ether oxygens (including phenoxy) is 2. The fourth-order valence-corrected chi connectivity index (χ4v) is 3.78. The summed E-state index contributed by atoms with van der Waals surface area (Å²) in [5.74, 6) is 1.09. The number of pyridine rings is 1. The Morgan fingerprint density at radius 1 is 1.16 bits per heavy atom. The fraction of sp³-hybridized carbons (Fsp3) is 0.240. The number of aromatic amines is 1. The van der Waals surface area contributed by atoms with E-state index in [4.69, 9.17) is 9.47 Å². The van der Waals surface area contributed by atoms with Crippen LogP contribution in [0.1, 0.15) is 28.4 Å². The highest BCUT2D eigenvalue weighted by atomic mass is 16.5. The molecule has 0 saturated heterocycles. The maximum absolute atomic E-state index is 13.2. The molecule has 0 unspecified atom stereocenters. The van der Waals surface area contributed by atoms with Gasteiger partial charge in [0.15, 0.2) is 0 Å². The van der Waals surface area contributed by atoms with Crippen LogP contribution in [0.15, 0.2) is 54.9 Å². The molecule has 4 rings (SSSR count). The summed E-state index contributed by atoms with van der Waals surface area (Å²) in [6.07, 6.45) is 3.38. The zero-order valence-corrected chi connectivity index (χ0v) is 18.7. The Labute approximate surface area is 187 Å². The van der Waals surface area contributed by atoms with Crippen molar-refractivity contribution in [1.29, 1.82) is 0 Å². The maximum Gasteiger partial charge on any atom is 0.254 e. The minimum atomic E-state index is -0.106. The zero-order valence-electron chi connectivity index (χ0n) is 18.7. The molecule has 2 aromatic carbocycles. The molecule has 0 spiro atoms. The number of H-pyrrole nitrogens is 1. The van der Waals surface area contributed by atoms with Gasteiger partial charge in [-0.05, 0) is 37.6 Å². The molecule has 164 valence electrons. The third kappa shape index (κ3) is 4.14. The van der Waals surface area contributed by atoms with Crippen molar-refractivity contribution >= 4 is 16.8 Å². The van der Waals surface area contributed by atoms with Crippen molar-refractivity contribution in [3.8, 4) is 22.8 Å². The molecule has 0 atom stereocenters. The summed E-state index contributed by atoms with van der Waals surface area (Å²) in [5.41, 5.74) is 5.43. The van der Waals surface area contributed by atoms with Crippen LogP contribution in [0.3, 0.4) is 0 Å². The number of fused-ring (bicyclic) bond motifs is 1. The van der Waals surface area contributed by atoms with Gasteiger partial charge in [0.1, 0.15) is 5.75 Å². The van der Waals surface area contributed by atoms with Gasteiger partial charge in [0.25, 0.3) is 5.91 Å². The van der Waals surface area contributed by atoms with Crippen molar-refractivity contribution in [2.24, 2.45) is 0 Å². The number of hydrogen-bond donors (Lipinski definition) is 1. The van der Waals surface area contributed by atoms with Gasteiger partial charge in [-0.25, -0.2) is 4.98 Å². The molecule has 1 N–H and O–H groups in total. The molecule has 7 nitrogen and oxygen atoms in total. The first kappa shape index (κ1) is 21.4. The van der Waals surface area contributed by atoms with E-state index in [1.54, 1.807) is 31.5 Å². The first-order valence-electron chi connectivity index (χ1n) is 10.5. The van der Waals surface area contributed by atoms with Crippen LogP contribution in [0.4, 0.5) is 0 Å². The van der Waals surface area contributed by atoms with E-state index in [1.165, 1.54) is 5.56 Å². The number of nitrogens with one attached hydrogen (secondary N) is 1. The summed E-state index contributed by atoms with van der Waals surface area (Å²) in [6, 6.07) is 13.8. The molecule has 2 aromatic heterocycles. The summed E-state index contributed by atoms with van der Waals surface area (Å²) in [6.45, 7) is 4.88. The number of benzene rings is 2. The third-order valence-corrected chi connectivity index (χ3v) is 5.33. The van der Waals surface area contributed by atoms with Gasteiger partial charge >= 0.3 is 0 Å². The highest BCUT2D eigenvalue weighted by molar-refractivity contribution is 5.96. The largest absolute Gasteiger partial charge is 0.493 e. The van der Waals surface area contributed by atoms with Crippen LogP contribution >= 0.6 is 0 Å². The van der Waals surface area contributed by atoms with E-state index in [2.05, 4.69) is 34.2 Å². The molecule has 0 fully saturated rings. The highest BCUT2D eigenvalue weighted by Crippen LogP contribution is 2.32. The van der Waals surface area contributed by atoms with E-state index in [0.717, 1.165) is 27.6 Å². The topological polar surface area (TPSA) is 80.3 Å². The van der Waals surface area contributed by atoms with Gasteiger partial charge in [0.05, 0.1) is 30.8 Å². The van der Waals surface area contributed by atoms with Crippen molar-refractivity contribution in [2.75, 3.05) is 20.8 Å². The van der Waals surface area contributed by atoms with Crippen molar-refractivity contribution < 1.29 is 14.3 Å². The smallest absolute Gasteiger partial charge is 0.254 e. The Hall–Kier alpha value is -3.87. The molecule has 32 heavy (non-hydrogen) atoms. The standard InChI is InChI=1S/C25H26N4O3/c1-5-32-22-12-18(9-10-20(22)17-8-6-7-16(2)11-17)25(30)29(3)15-19-13-26-24(31-4)21-14-27-28-23(19)21/h6-14H,5,15H2,1-4H3,(H,27,28). The Bertz CT molecular complexity index is 1270. The number of carbonyl (C=O) groups excluding carboxylic acids is 1. The molecule has 0 bridgehead atoms. The molecule has 4 aromatic rings. The molecule has 0 aliphatic rings. The van der Waals surface area contributed by atoms with E-state index in [0.29, 0.717) is 30.3 Å². The van der Waals surface area contributed by atoms with Crippen molar-refractivity contribution in [1.82, 2.24) is 20.1 Å². The summed E-state index contributed by atoms with van der Waals surface area (Å²) >= 11 is 0. The fourth-order valence-electron chi connectivity index (χ4n) is 3.78. The maximum atomic E-state index is 13.2. The SMILES string of the molecule is CCOc1cc(C(=O)N(C)Cc2cnc(OC)c3cn[nH]c23)ccc1-c1cccc(C)c1. The minimum absolute atomic E-state index is 0.106. The molecule has 0 radical (unpaired) electrons. The van der Waals surface area contributed by atoms with Crippen molar-refractivity contribution in [3.05, 3.63) is 71.5 Å². The lowest BCUT2D eigenvalue weighted by Crippen LogP contribution is -2.26. The number of nitrogens with zero attached hydrogens (tertiary/aromatic N) is 3. The van der Waals surface area contributed by atoms with Crippen molar-refractivity contribution in [2.45, 2.75) is 20.4 Å². The van der Waals surface area contributed by atoms with E-state index in [1.807, 2.05) is 37.3 Å². The second-order valence-electron chi connectivity index (χ2n) is 7.63. The Balaban J connectivity index is 1.61. The molecule has 7 heteroatoms. The predicted octanol–water partition coefficient (Wildman–Crippen LogP) is 4.61. The van der Waals surface area contributed by atoms with Gasteiger partial charge in [0.2, 0.25) is 5.88 Å². The van der Waals surface area contributed by atoms with Crippen LogP contribution in [0.5, 0.6) is 11.6 Å². The average Bonchev–Trinajstić information content (AvgIpc) is 3.29. The number of aromatic nitrogens is 3. The quantitative estimate of drug-likeness (QED) is 0.463. The van der Waals surface area contributed by atoms with Crippen molar-refractivity contribution in [3.63, 3.8) is 0 Å². The van der Waals surface area contributed by atoms with Gasteiger partial charge in [-0.1, -0.05) is 29.8 Å². The van der Waals surface area contributed by atoms with Gasteiger partial charge in [-0.3, -0.25) is 9.89 Å². The summed E-state index contributed by atoms with van der Waals surface area (Å²) in [4.78, 5) is 19.2. The second-order valence-corrected chi connectivity index (χ2v) is 7.63. The predicted molar refractivity (Wildman–Crippen MR) is 124 cm³/mol. The normalized spacial score (nSPS) is 10.9. The number of methoxy groups -OCH3 is 1. The molecular formula is C25H26N4O3. The first-order valence-corrected chi connectivity index (χ1v) is 10.5. The van der Waals surface area contributed by atoms with Gasteiger partial charge < -0.3 is 14.4 Å². The molecular weight excluding hydrogens is 404 g/mol. The first-order chi connectivity index (χ1) is 15.5. The van der Waals surface area contributed by atoms with E-state index in [9.17, 15) is 4.79 Å². The lowest BCUT2D eigenvalue weighted by Gasteiger charge is -2.19. The van der Waals surface area contributed by atoms with Crippen LogP contribution in [-0.4, -0.2) is 46.8 Å². The number of hydrogen-bond acceptors (Lipinski definition) is 5. The van der Waals surface area contributed by atoms with Gasteiger partial charge in [0, 0.05) is 36.5 Å². The summed E-state index contributed by atoms with van der Waals surface area (Å²) in [7, 11) is 3.34. The average molecular weight is 431 g/mol. The van der Waals surface area contributed by atoms with Gasteiger partial charge in [-0.15, -0.1) is 0 Å². The number of carbonyl (C=O) groups is 1. The van der Waals surface area contributed by atoms with E-state index in [-0.39, 0.29) is 5.91 Å². The van der Waals surface area contributed by atoms with Crippen LogP contribution in [0.25, 0.3) is 22.0 Å². The van der Waals surface area contributed by atoms with Crippen LogP contribution in [0.2, 0.25) is 0 Å². The molecule has 2 heterocycles. The summed E-state index contributed by atoms with van der Waals surface area (Å²) < 4.78 is 11.2. The lowest BCUT2D eigenvalue weighted by molar-refractivity contribution is 0.0785. The molecule has 0 aliphatic heterocycles. The second kappa shape index (κ2) is 9.09. The van der Waals surface area contributed by atoms with Crippen LogP contribution < -0.4 is 9.47 Å². The van der Waals surface area contributed by atoms with E-state index >= 15 is 0 Å². The van der Waals surface area contributed by atoms with Crippen LogP contribution in [-0.2, 0) is 6.54 Å². The molecule has 1 amide bonds. The lowest BCUT2D eigenvalue weighted by atomic mass is 10.0. The Kier molecular flexibility index (Phi) is 6.07. The highest BCUT2D eigenvalue weighted by Gasteiger charge is 2.18. The number of amides is 1. The van der Waals surface area contributed by atoms with E-state index < -0.39 is 0 Å².